The normalized spacial score (nSPS) is 10.3. The van der Waals surface area contributed by atoms with E-state index < -0.39 is 12.9 Å². The molecule has 1 aromatic carbocycles. The van der Waals surface area contributed by atoms with Gasteiger partial charge < -0.3 is 14.8 Å². The Morgan fingerprint density at radius 1 is 1.26 bits per heavy atom. The van der Waals surface area contributed by atoms with Crippen LogP contribution >= 0.6 is 0 Å². The molecule has 0 saturated carbocycles. The Hall–Kier alpha value is -1.92. The number of halogens is 1. The fraction of sp³-hybridized carbons (Fsp3) is 0.154. The Balaban J connectivity index is 1.92. The zero-order valence-corrected chi connectivity index (χ0v) is 10.2. The summed E-state index contributed by atoms with van der Waals surface area (Å²) in [6.07, 6.45) is 4.10. The molecule has 0 saturated heterocycles. The highest BCUT2D eigenvalue weighted by atomic mass is 19.1. The molecule has 0 spiro atoms. The molecule has 0 amide bonds. The van der Waals surface area contributed by atoms with E-state index in [1.807, 2.05) is 12.1 Å². The van der Waals surface area contributed by atoms with Crippen LogP contribution in [-0.4, -0.2) is 28.8 Å². The van der Waals surface area contributed by atoms with E-state index in [4.69, 9.17) is 14.8 Å². The number of nitrogens with zero attached hydrogens (tertiary/aromatic N) is 1. The highest BCUT2D eigenvalue weighted by Gasteiger charge is 2.16. The van der Waals surface area contributed by atoms with Crippen molar-refractivity contribution in [1.82, 2.24) is 4.98 Å². The average molecular weight is 261 g/mol. The van der Waals surface area contributed by atoms with Gasteiger partial charge in [-0.1, -0.05) is 12.1 Å². The molecule has 0 aliphatic rings. The number of pyridine rings is 1. The first-order valence-corrected chi connectivity index (χ1v) is 5.84. The minimum Gasteiger partial charge on any atom is -0.493 e. The predicted octanol–water partition coefficient (Wildman–Crippen LogP) is 0.522. The molecular formula is C13H13BFNO3. The molecule has 0 aliphatic heterocycles. The first kappa shape index (κ1) is 13.5. The van der Waals surface area contributed by atoms with Crippen molar-refractivity contribution in [2.45, 2.75) is 6.42 Å². The Kier molecular flexibility index (Phi) is 4.49. The summed E-state index contributed by atoms with van der Waals surface area (Å²) in [5.74, 6) is -0.348. The number of ether oxygens (including phenoxy) is 1. The molecule has 0 unspecified atom stereocenters. The standard InChI is InChI=1S/C13H13BFNO3/c15-13-8-11(3-4-12(13)14(17)18)19-7-5-10-2-1-6-16-9-10/h1-4,6,8-9,17-18H,5,7H2. The summed E-state index contributed by atoms with van der Waals surface area (Å²) in [6.45, 7) is 0.395. The van der Waals surface area contributed by atoms with E-state index in [1.54, 1.807) is 12.4 Å². The fourth-order valence-electron chi connectivity index (χ4n) is 1.64. The molecule has 2 rings (SSSR count). The summed E-state index contributed by atoms with van der Waals surface area (Å²) in [5, 5.41) is 17.8. The van der Waals surface area contributed by atoms with Crippen molar-refractivity contribution < 1.29 is 19.2 Å². The van der Waals surface area contributed by atoms with E-state index in [9.17, 15) is 4.39 Å². The van der Waals surface area contributed by atoms with E-state index in [0.717, 1.165) is 11.6 Å². The van der Waals surface area contributed by atoms with Crippen LogP contribution in [0.3, 0.4) is 0 Å². The fourth-order valence-corrected chi connectivity index (χ4v) is 1.64. The van der Waals surface area contributed by atoms with Gasteiger partial charge in [0.2, 0.25) is 0 Å². The topological polar surface area (TPSA) is 62.6 Å². The minimum atomic E-state index is -1.82. The van der Waals surface area contributed by atoms with Crippen LogP contribution in [0.5, 0.6) is 5.75 Å². The maximum Gasteiger partial charge on any atom is 0.491 e. The highest BCUT2D eigenvalue weighted by molar-refractivity contribution is 6.58. The van der Waals surface area contributed by atoms with E-state index in [-0.39, 0.29) is 5.46 Å². The van der Waals surface area contributed by atoms with Gasteiger partial charge in [0, 0.05) is 30.3 Å². The van der Waals surface area contributed by atoms with Gasteiger partial charge in [0.25, 0.3) is 0 Å². The van der Waals surface area contributed by atoms with Gasteiger partial charge in [0.05, 0.1) is 6.61 Å². The molecule has 1 heterocycles. The smallest absolute Gasteiger partial charge is 0.491 e. The van der Waals surface area contributed by atoms with E-state index >= 15 is 0 Å². The summed E-state index contributed by atoms with van der Waals surface area (Å²) in [6, 6.07) is 7.70. The molecule has 0 bridgehead atoms. The molecule has 0 aliphatic carbocycles. The van der Waals surface area contributed by atoms with E-state index in [1.165, 1.54) is 12.1 Å². The van der Waals surface area contributed by atoms with Crippen LogP contribution in [0.1, 0.15) is 5.56 Å². The quantitative estimate of drug-likeness (QED) is 0.770. The van der Waals surface area contributed by atoms with Crippen molar-refractivity contribution >= 4 is 12.6 Å². The van der Waals surface area contributed by atoms with Crippen molar-refractivity contribution in [3.05, 3.63) is 54.1 Å². The molecule has 0 radical (unpaired) electrons. The zero-order valence-electron chi connectivity index (χ0n) is 10.2. The van der Waals surface area contributed by atoms with Crippen LogP contribution in [-0.2, 0) is 6.42 Å². The highest BCUT2D eigenvalue weighted by Crippen LogP contribution is 2.11. The molecule has 98 valence electrons. The first-order valence-electron chi connectivity index (χ1n) is 5.84. The minimum absolute atomic E-state index is 0.167. The lowest BCUT2D eigenvalue weighted by atomic mass is 9.80. The molecule has 19 heavy (non-hydrogen) atoms. The van der Waals surface area contributed by atoms with Crippen LogP contribution in [0, 0.1) is 5.82 Å². The van der Waals surface area contributed by atoms with Crippen LogP contribution in [0.15, 0.2) is 42.7 Å². The summed E-state index contributed by atoms with van der Waals surface area (Å²) < 4.78 is 18.8. The third kappa shape index (κ3) is 3.77. The zero-order chi connectivity index (χ0) is 13.7. The molecule has 4 nitrogen and oxygen atoms in total. The van der Waals surface area contributed by atoms with Crippen molar-refractivity contribution in [2.24, 2.45) is 0 Å². The van der Waals surface area contributed by atoms with Crippen molar-refractivity contribution in [3.63, 3.8) is 0 Å². The van der Waals surface area contributed by atoms with Crippen LogP contribution in [0.2, 0.25) is 0 Å². The Bertz CT molecular complexity index is 537. The van der Waals surface area contributed by atoms with Gasteiger partial charge in [-0.15, -0.1) is 0 Å². The predicted molar refractivity (Wildman–Crippen MR) is 69.7 cm³/mol. The number of rotatable bonds is 5. The number of hydrogen-bond donors (Lipinski definition) is 2. The Morgan fingerprint density at radius 3 is 2.74 bits per heavy atom. The first-order chi connectivity index (χ1) is 9.16. The third-order valence-electron chi connectivity index (χ3n) is 2.63. The molecule has 2 aromatic rings. The third-order valence-corrected chi connectivity index (χ3v) is 2.63. The molecule has 0 fully saturated rings. The lowest BCUT2D eigenvalue weighted by Gasteiger charge is -2.08. The van der Waals surface area contributed by atoms with Crippen LogP contribution in [0.4, 0.5) is 4.39 Å². The summed E-state index contributed by atoms with van der Waals surface area (Å²) in [7, 11) is -1.82. The maximum atomic E-state index is 13.4. The second-order valence-electron chi connectivity index (χ2n) is 4.02. The molecular weight excluding hydrogens is 248 g/mol. The summed E-state index contributed by atoms with van der Waals surface area (Å²) in [5.41, 5.74) is 0.866. The molecule has 0 atom stereocenters. The Morgan fingerprint density at radius 2 is 2.11 bits per heavy atom. The number of aromatic nitrogens is 1. The van der Waals surface area contributed by atoms with Crippen molar-refractivity contribution in [2.75, 3.05) is 6.61 Å². The maximum absolute atomic E-state index is 13.4. The van der Waals surface area contributed by atoms with Gasteiger partial charge in [-0.3, -0.25) is 4.98 Å². The largest absolute Gasteiger partial charge is 0.493 e. The van der Waals surface area contributed by atoms with Gasteiger partial charge in [-0.05, 0) is 17.7 Å². The van der Waals surface area contributed by atoms with Crippen molar-refractivity contribution in [3.8, 4) is 5.75 Å². The molecule has 2 N–H and O–H groups in total. The number of benzene rings is 1. The lowest BCUT2D eigenvalue weighted by molar-refractivity contribution is 0.320. The molecule has 1 aromatic heterocycles. The SMILES string of the molecule is OB(O)c1ccc(OCCc2cccnc2)cc1F. The van der Waals surface area contributed by atoms with E-state index in [2.05, 4.69) is 4.98 Å². The van der Waals surface area contributed by atoms with Gasteiger partial charge in [-0.25, -0.2) is 4.39 Å². The second-order valence-corrected chi connectivity index (χ2v) is 4.02. The van der Waals surface area contributed by atoms with Gasteiger partial charge in [0.1, 0.15) is 11.6 Å². The summed E-state index contributed by atoms with van der Waals surface area (Å²) >= 11 is 0. The van der Waals surface area contributed by atoms with Gasteiger partial charge >= 0.3 is 7.12 Å². The Labute approximate surface area is 110 Å². The molecule has 6 heteroatoms. The average Bonchev–Trinajstić information content (AvgIpc) is 2.39. The summed E-state index contributed by atoms with van der Waals surface area (Å²) in [4.78, 5) is 3.98. The van der Waals surface area contributed by atoms with Crippen molar-refractivity contribution in [1.29, 1.82) is 0 Å². The second kappa shape index (κ2) is 6.31. The van der Waals surface area contributed by atoms with Gasteiger partial charge in [-0.2, -0.15) is 0 Å². The monoisotopic (exact) mass is 261 g/mol. The number of hydrogen-bond acceptors (Lipinski definition) is 4. The van der Waals surface area contributed by atoms with Crippen LogP contribution in [0.25, 0.3) is 0 Å². The van der Waals surface area contributed by atoms with Gasteiger partial charge in [0.15, 0.2) is 0 Å². The van der Waals surface area contributed by atoms with E-state index in [0.29, 0.717) is 18.8 Å². The lowest BCUT2D eigenvalue weighted by Crippen LogP contribution is -2.32. The van der Waals surface area contributed by atoms with Crippen LogP contribution < -0.4 is 10.2 Å².